The van der Waals surface area contributed by atoms with Gasteiger partial charge in [-0.2, -0.15) is 0 Å². The van der Waals surface area contributed by atoms with Gasteiger partial charge in [-0.1, -0.05) is 250 Å². The Kier molecular flexibility index (Phi) is 53.3. The fourth-order valence-electron chi connectivity index (χ4n) is 9.12. The number of hydrogen-bond acceptors (Lipinski definition) is 8. The highest BCUT2D eigenvalue weighted by atomic mass is 16.7. The molecule has 0 aliphatic heterocycles. The Morgan fingerprint density at radius 3 is 1.06 bits per heavy atom. The molecule has 0 N–H and O–H groups in total. The van der Waals surface area contributed by atoms with Crippen molar-refractivity contribution in [1.82, 2.24) is 0 Å². The number of carboxylic acid groups (broad SMARTS) is 1. The van der Waals surface area contributed by atoms with Crippen molar-refractivity contribution in [3.05, 3.63) is 24.3 Å². The average molecular weight is 1020 g/mol. The predicted octanol–water partition coefficient (Wildman–Crippen LogP) is 17.0. The summed E-state index contributed by atoms with van der Waals surface area (Å²) in [6.07, 6.45) is 62.7. The molecule has 0 radical (unpaired) electrons. The van der Waals surface area contributed by atoms with Crippen molar-refractivity contribution in [3.63, 3.8) is 0 Å². The van der Waals surface area contributed by atoms with Crippen LogP contribution >= 0.6 is 0 Å². The highest BCUT2D eigenvalue weighted by Gasteiger charge is 2.22. The number of rotatable bonds is 58. The van der Waals surface area contributed by atoms with Gasteiger partial charge in [-0.3, -0.25) is 9.59 Å². The first-order valence-electron chi connectivity index (χ1n) is 31.0. The molecule has 9 heteroatoms. The highest BCUT2D eigenvalue weighted by Crippen LogP contribution is 2.18. The van der Waals surface area contributed by atoms with Crippen LogP contribution in [0.4, 0.5) is 0 Å². The van der Waals surface area contributed by atoms with Gasteiger partial charge in [0.25, 0.3) is 0 Å². The van der Waals surface area contributed by atoms with Crippen LogP contribution in [0.5, 0.6) is 0 Å². The highest BCUT2D eigenvalue weighted by molar-refractivity contribution is 5.70. The molecule has 2 unspecified atom stereocenters. The minimum absolute atomic E-state index is 0.149. The number of hydrogen-bond donors (Lipinski definition) is 0. The Bertz CT molecular complexity index is 1230. The van der Waals surface area contributed by atoms with E-state index in [1.807, 2.05) is 21.1 Å². The van der Waals surface area contributed by atoms with Gasteiger partial charge in [0.2, 0.25) is 0 Å². The third kappa shape index (κ3) is 55.5. The zero-order chi connectivity index (χ0) is 52.7. The van der Waals surface area contributed by atoms with Gasteiger partial charge in [-0.25, -0.2) is 0 Å². The average Bonchev–Trinajstić information content (AvgIpc) is 3.35. The number of carbonyl (C=O) groups excluding carboxylic acids is 3. The van der Waals surface area contributed by atoms with Gasteiger partial charge in [-0.05, 0) is 64.2 Å². The van der Waals surface area contributed by atoms with Crippen LogP contribution in [-0.2, 0) is 33.3 Å². The Balaban J connectivity index is 3.96. The van der Waals surface area contributed by atoms with Crippen molar-refractivity contribution in [3.8, 4) is 0 Å². The summed E-state index contributed by atoms with van der Waals surface area (Å²) >= 11 is 0. The number of carbonyl (C=O) groups is 3. The molecule has 0 aromatic heterocycles. The maximum atomic E-state index is 12.8. The summed E-state index contributed by atoms with van der Waals surface area (Å²) in [7, 11) is 5.92. The van der Waals surface area contributed by atoms with Crippen LogP contribution in [0.1, 0.15) is 303 Å². The number of ether oxygens (including phenoxy) is 4. The molecule has 0 aliphatic carbocycles. The van der Waals surface area contributed by atoms with Crippen molar-refractivity contribution < 1.29 is 42.9 Å². The lowest BCUT2D eigenvalue weighted by Gasteiger charge is -2.26. The molecule has 0 rings (SSSR count). The summed E-state index contributed by atoms with van der Waals surface area (Å²) in [6, 6.07) is 0. The van der Waals surface area contributed by atoms with Gasteiger partial charge >= 0.3 is 11.9 Å². The van der Waals surface area contributed by atoms with Crippen molar-refractivity contribution in [2.45, 2.75) is 315 Å². The second kappa shape index (κ2) is 55.0. The number of carboxylic acids is 1. The Morgan fingerprint density at radius 2 is 0.708 bits per heavy atom. The van der Waals surface area contributed by atoms with E-state index in [2.05, 4.69) is 38.2 Å². The second-order valence-corrected chi connectivity index (χ2v) is 22.3. The van der Waals surface area contributed by atoms with Crippen molar-refractivity contribution in [1.29, 1.82) is 0 Å². The van der Waals surface area contributed by atoms with Gasteiger partial charge in [0.1, 0.15) is 13.2 Å². The fourth-order valence-corrected chi connectivity index (χ4v) is 9.12. The molecule has 0 saturated heterocycles. The van der Waals surface area contributed by atoms with Gasteiger partial charge in [0, 0.05) is 12.8 Å². The van der Waals surface area contributed by atoms with Crippen LogP contribution < -0.4 is 5.11 Å². The molecule has 0 fully saturated rings. The number of nitrogens with zero attached hydrogens (tertiary/aromatic N) is 1. The number of aliphatic carboxylic acids is 1. The van der Waals surface area contributed by atoms with Crippen molar-refractivity contribution in [2.75, 3.05) is 47.5 Å². The molecule has 2 atom stereocenters. The molecule has 0 saturated carbocycles. The number of allylic oxidation sites excluding steroid dienone is 4. The SMILES string of the molecule is CCCCC/C=C\CCCCCCCC(=O)OCC(COC(OCC[N+](C)(C)C)C(=O)[O-])OC(=O)CCCCCCCCCCCCCCCCCCCCCCCCC/C=C\CCCCCCCCCC. The molecule has 0 bridgehead atoms. The first-order valence-corrected chi connectivity index (χ1v) is 31.0. The Morgan fingerprint density at radius 1 is 0.403 bits per heavy atom. The minimum Gasteiger partial charge on any atom is -0.545 e. The fraction of sp³-hybridized carbons (Fsp3) is 0.889. The standard InChI is InChI=1S/C63H119NO8/c1-6-8-10-12-14-16-18-20-21-22-23-24-25-26-27-28-29-30-31-32-33-34-35-36-37-38-39-40-41-42-44-46-48-50-52-54-61(66)72-59(58-71-63(62(67)68)69-56-55-64(3,4)5)57-70-60(65)53-51-49-47-45-43-19-17-15-13-11-9-7-2/h15,17,22-23,59,63H,6-14,16,18-21,24-58H2,1-5H3/b17-15-,23-22-. The number of quaternary nitrogens is 1. The van der Waals surface area contributed by atoms with Gasteiger partial charge in [0.15, 0.2) is 12.4 Å². The van der Waals surface area contributed by atoms with E-state index in [1.54, 1.807) is 0 Å². The van der Waals surface area contributed by atoms with Gasteiger partial charge in [-0.15, -0.1) is 0 Å². The first kappa shape index (κ1) is 69.8. The normalized spacial score (nSPS) is 12.8. The quantitative estimate of drug-likeness (QED) is 0.0195. The maximum Gasteiger partial charge on any atom is 0.306 e. The van der Waals surface area contributed by atoms with E-state index in [0.717, 1.165) is 57.8 Å². The number of unbranched alkanes of at least 4 members (excludes halogenated alkanes) is 39. The molecule has 72 heavy (non-hydrogen) atoms. The monoisotopic (exact) mass is 1020 g/mol. The minimum atomic E-state index is -1.62. The van der Waals surface area contributed by atoms with E-state index in [-0.39, 0.29) is 38.6 Å². The summed E-state index contributed by atoms with van der Waals surface area (Å²) in [5.41, 5.74) is 0. The molecule has 0 aromatic rings. The maximum absolute atomic E-state index is 12.8. The molecule has 424 valence electrons. The van der Waals surface area contributed by atoms with Gasteiger partial charge < -0.3 is 33.3 Å². The molecular formula is C63H119NO8. The lowest BCUT2D eigenvalue weighted by atomic mass is 10.0. The molecule has 0 heterocycles. The van der Waals surface area contributed by atoms with E-state index in [0.29, 0.717) is 11.0 Å². The van der Waals surface area contributed by atoms with Crippen LogP contribution in [-0.4, -0.2) is 82.3 Å². The van der Waals surface area contributed by atoms with E-state index >= 15 is 0 Å². The smallest absolute Gasteiger partial charge is 0.306 e. The predicted molar refractivity (Wildman–Crippen MR) is 302 cm³/mol. The van der Waals surface area contributed by atoms with Crippen LogP contribution in [0, 0.1) is 0 Å². The molecule has 9 nitrogen and oxygen atoms in total. The van der Waals surface area contributed by atoms with E-state index < -0.39 is 24.3 Å². The van der Waals surface area contributed by atoms with Crippen molar-refractivity contribution in [2.24, 2.45) is 0 Å². The Labute approximate surface area is 446 Å². The third-order valence-electron chi connectivity index (χ3n) is 13.9. The summed E-state index contributed by atoms with van der Waals surface area (Å²) < 4.78 is 22.7. The van der Waals surface area contributed by atoms with Crippen LogP contribution in [0.15, 0.2) is 24.3 Å². The topological polar surface area (TPSA) is 111 Å². The first-order chi connectivity index (χ1) is 35.1. The number of esters is 2. The lowest BCUT2D eigenvalue weighted by Crippen LogP contribution is -2.44. The summed E-state index contributed by atoms with van der Waals surface area (Å²) in [4.78, 5) is 37.2. The Hall–Kier alpha value is -2.23. The van der Waals surface area contributed by atoms with Crippen LogP contribution in [0.25, 0.3) is 0 Å². The van der Waals surface area contributed by atoms with E-state index in [1.165, 1.54) is 218 Å². The zero-order valence-electron chi connectivity index (χ0n) is 48.3. The van der Waals surface area contributed by atoms with E-state index in [4.69, 9.17) is 18.9 Å². The zero-order valence-corrected chi connectivity index (χ0v) is 48.3. The third-order valence-corrected chi connectivity index (χ3v) is 13.9. The molecular weight excluding hydrogens is 899 g/mol. The van der Waals surface area contributed by atoms with E-state index in [9.17, 15) is 19.5 Å². The molecule has 0 aromatic carbocycles. The van der Waals surface area contributed by atoms with Gasteiger partial charge in [0.05, 0.1) is 40.3 Å². The van der Waals surface area contributed by atoms with Crippen LogP contribution in [0.2, 0.25) is 0 Å². The summed E-state index contributed by atoms with van der Waals surface area (Å²) in [5.74, 6) is -2.28. The summed E-state index contributed by atoms with van der Waals surface area (Å²) in [5, 5.41) is 11.7. The largest absolute Gasteiger partial charge is 0.545 e. The second-order valence-electron chi connectivity index (χ2n) is 22.3. The molecule has 0 aliphatic rings. The molecule has 0 spiro atoms. The summed E-state index contributed by atoms with van der Waals surface area (Å²) in [6.45, 7) is 4.75. The lowest BCUT2D eigenvalue weighted by molar-refractivity contribution is -0.870. The van der Waals surface area contributed by atoms with Crippen LogP contribution in [0.3, 0.4) is 0 Å². The number of likely N-dealkylation sites (N-methyl/N-ethyl adjacent to an activating group) is 1. The van der Waals surface area contributed by atoms with Crippen molar-refractivity contribution >= 4 is 17.9 Å². The molecule has 0 amide bonds.